The second-order valence-electron chi connectivity index (χ2n) is 6.87. The number of carbonyl (C=O) groups is 1. The lowest BCUT2D eigenvalue weighted by Gasteiger charge is -2.12. The first kappa shape index (κ1) is 22.1. The number of aromatic nitrogens is 2. The highest BCUT2D eigenvalue weighted by atomic mass is 32.2. The molecule has 1 heterocycles. The molecule has 2 N–H and O–H groups in total. The number of rotatable bonds is 7. The van der Waals surface area contributed by atoms with Crippen LogP contribution in [0.3, 0.4) is 0 Å². The first-order chi connectivity index (χ1) is 16.1. The number of nitrogens with one attached hydrogen (secondary N) is 1. The number of phenols is 1. The fraction of sp³-hybridized carbons (Fsp3) is 0.0833. The molecule has 0 spiro atoms. The number of para-hydroxylation sites is 3. The van der Waals surface area contributed by atoms with Gasteiger partial charge < -0.3 is 9.84 Å². The minimum absolute atomic E-state index is 0.0148. The Morgan fingerprint density at radius 3 is 2.67 bits per heavy atom. The standard InChI is InChI=1S/C24H20N4O4S/c1-32-20-13-7-8-16(22(20)30)14-25-27-21(29)15-33-24-26-19-12-6-5-11-18(19)23(31)28(24)17-9-3-2-4-10-17/h2-14,30H,15H2,1H3,(H,27,29). The summed E-state index contributed by atoms with van der Waals surface area (Å²) in [6, 6.07) is 21.2. The molecule has 4 rings (SSSR count). The van der Waals surface area contributed by atoms with E-state index in [0.29, 0.717) is 33.1 Å². The maximum atomic E-state index is 13.2. The molecule has 0 saturated carbocycles. The summed E-state index contributed by atoms with van der Waals surface area (Å²) in [4.78, 5) is 30.1. The Balaban J connectivity index is 1.53. The molecule has 3 aromatic carbocycles. The number of nitrogens with zero attached hydrogens (tertiary/aromatic N) is 3. The Kier molecular flexibility index (Phi) is 6.70. The quantitative estimate of drug-likeness (QED) is 0.190. The maximum Gasteiger partial charge on any atom is 0.266 e. The van der Waals surface area contributed by atoms with Crippen LogP contribution in [0.1, 0.15) is 5.56 Å². The first-order valence-corrected chi connectivity index (χ1v) is 10.9. The van der Waals surface area contributed by atoms with Gasteiger partial charge in [-0.25, -0.2) is 10.4 Å². The molecule has 166 valence electrons. The summed E-state index contributed by atoms with van der Waals surface area (Å²) in [7, 11) is 1.45. The van der Waals surface area contributed by atoms with Crippen LogP contribution in [0.5, 0.6) is 11.5 Å². The summed E-state index contributed by atoms with van der Waals surface area (Å²) < 4.78 is 6.55. The first-order valence-electron chi connectivity index (χ1n) is 9.96. The molecule has 33 heavy (non-hydrogen) atoms. The van der Waals surface area contributed by atoms with E-state index in [2.05, 4.69) is 15.5 Å². The number of fused-ring (bicyclic) bond motifs is 1. The normalized spacial score (nSPS) is 11.1. The van der Waals surface area contributed by atoms with Crippen molar-refractivity contribution in [1.82, 2.24) is 15.0 Å². The molecule has 0 aliphatic rings. The highest BCUT2D eigenvalue weighted by molar-refractivity contribution is 7.99. The third kappa shape index (κ3) is 4.88. The Hall–Kier alpha value is -4.11. The van der Waals surface area contributed by atoms with Gasteiger partial charge in [-0.15, -0.1) is 0 Å². The van der Waals surface area contributed by atoms with Crippen molar-refractivity contribution in [2.75, 3.05) is 12.9 Å². The molecular formula is C24H20N4O4S. The van der Waals surface area contributed by atoms with Crippen LogP contribution in [-0.4, -0.2) is 39.6 Å². The van der Waals surface area contributed by atoms with Crippen molar-refractivity contribution in [3.8, 4) is 17.2 Å². The van der Waals surface area contributed by atoms with E-state index in [-0.39, 0.29) is 23.0 Å². The van der Waals surface area contributed by atoms with Crippen molar-refractivity contribution in [3.63, 3.8) is 0 Å². The minimum atomic E-state index is -0.388. The molecule has 0 aliphatic heterocycles. The summed E-state index contributed by atoms with van der Waals surface area (Å²) in [6.45, 7) is 0. The van der Waals surface area contributed by atoms with Crippen LogP contribution in [0.2, 0.25) is 0 Å². The number of thioether (sulfide) groups is 1. The molecule has 0 unspecified atom stereocenters. The van der Waals surface area contributed by atoms with Gasteiger partial charge in [0.25, 0.3) is 11.5 Å². The van der Waals surface area contributed by atoms with Gasteiger partial charge in [0, 0.05) is 5.56 Å². The van der Waals surface area contributed by atoms with E-state index in [1.54, 1.807) is 36.4 Å². The smallest absolute Gasteiger partial charge is 0.266 e. The van der Waals surface area contributed by atoms with Crippen molar-refractivity contribution < 1.29 is 14.6 Å². The topological polar surface area (TPSA) is 106 Å². The van der Waals surface area contributed by atoms with Gasteiger partial charge in [-0.1, -0.05) is 48.2 Å². The van der Waals surface area contributed by atoms with Gasteiger partial charge >= 0.3 is 0 Å². The lowest BCUT2D eigenvalue weighted by molar-refractivity contribution is -0.118. The van der Waals surface area contributed by atoms with Gasteiger partial charge in [-0.3, -0.25) is 14.2 Å². The SMILES string of the molecule is COc1cccc(C=NNC(=O)CSc2nc3ccccc3c(=O)n2-c2ccccc2)c1O. The Morgan fingerprint density at radius 1 is 1.12 bits per heavy atom. The summed E-state index contributed by atoms with van der Waals surface area (Å²) in [5.74, 6) is -0.165. The lowest BCUT2D eigenvalue weighted by Crippen LogP contribution is -2.24. The number of carbonyl (C=O) groups excluding carboxylic acids is 1. The van der Waals surface area contributed by atoms with E-state index in [0.717, 1.165) is 11.8 Å². The average molecular weight is 461 g/mol. The highest BCUT2D eigenvalue weighted by Gasteiger charge is 2.14. The van der Waals surface area contributed by atoms with Gasteiger partial charge in [0.2, 0.25) is 0 Å². The van der Waals surface area contributed by atoms with Crippen LogP contribution < -0.4 is 15.7 Å². The third-order valence-electron chi connectivity index (χ3n) is 4.73. The van der Waals surface area contributed by atoms with Crippen molar-refractivity contribution in [3.05, 3.63) is 88.7 Å². The Labute approximate surface area is 193 Å². The second-order valence-corrected chi connectivity index (χ2v) is 7.81. The highest BCUT2D eigenvalue weighted by Crippen LogP contribution is 2.28. The summed E-state index contributed by atoms with van der Waals surface area (Å²) in [6.07, 6.45) is 1.33. The number of ether oxygens (including phenoxy) is 1. The van der Waals surface area contributed by atoms with E-state index in [4.69, 9.17) is 4.74 Å². The van der Waals surface area contributed by atoms with E-state index < -0.39 is 0 Å². The molecule has 0 atom stereocenters. The van der Waals surface area contributed by atoms with Crippen LogP contribution in [-0.2, 0) is 4.79 Å². The van der Waals surface area contributed by atoms with Crippen molar-refractivity contribution >= 4 is 34.8 Å². The van der Waals surface area contributed by atoms with Crippen LogP contribution >= 0.6 is 11.8 Å². The maximum absolute atomic E-state index is 13.2. The minimum Gasteiger partial charge on any atom is -0.504 e. The average Bonchev–Trinajstić information content (AvgIpc) is 2.84. The molecule has 9 heteroatoms. The zero-order chi connectivity index (χ0) is 23.2. The zero-order valence-corrected chi connectivity index (χ0v) is 18.5. The molecule has 0 bridgehead atoms. The summed E-state index contributed by atoms with van der Waals surface area (Å²) in [5.41, 5.74) is 3.83. The predicted molar refractivity (Wildman–Crippen MR) is 128 cm³/mol. The van der Waals surface area contributed by atoms with Crippen LogP contribution in [0.25, 0.3) is 16.6 Å². The van der Waals surface area contributed by atoms with E-state index in [1.165, 1.54) is 17.9 Å². The number of hydrogen-bond donors (Lipinski definition) is 2. The molecule has 4 aromatic rings. The van der Waals surface area contributed by atoms with Crippen LogP contribution in [0, 0.1) is 0 Å². The molecule has 0 radical (unpaired) electrons. The molecule has 0 aliphatic carbocycles. The van der Waals surface area contributed by atoms with Gasteiger partial charge in [-0.05, 0) is 36.4 Å². The number of methoxy groups -OCH3 is 1. The fourth-order valence-corrected chi connectivity index (χ4v) is 3.96. The number of hydrogen-bond acceptors (Lipinski definition) is 7. The van der Waals surface area contributed by atoms with Crippen molar-refractivity contribution in [2.45, 2.75) is 5.16 Å². The zero-order valence-electron chi connectivity index (χ0n) is 17.6. The number of phenolic OH excluding ortho intramolecular Hbond substituents is 1. The summed E-state index contributed by atoms with van der Waals surface area (Å²) >= 11 is 1.13. The Bertz CT molecular complexity index is 1390. The predicted octanol–water partition coefficient (Wildman–Crippen LogP) is 3.34. The lowest BCUT2D eigenvalue weighted by atomic mass is 10.2. The van der Waals surface area contributed by atoms with Crippen LogP contribution in [0.4, 0.5) is 0 Å². The van der Waals surface area contributed by atoms with Gasteiger partial charge in [0.15, 0.2) is 16.7 Å². The molecule has 0 fully saturated rings. The van der Waals surface area contributed by atoms with Crippen molar-refractivity contribution in [2.24, 2.45) is 5.10 Å². The molecule has 0 saturated heterocycles. The van der Waals surface area contributed by atoms with E-state index in [1.807, 2.05) is 36.4 Å². The Morgan fingerprint density at radius 2 is 1.88 bits per heavy atom. The second kappa shape index (κ2) is 10.0. The van der Waals surface area contributed by atoms with Crippen LogP contribution in [0.15, 0.2) is 87.8 Å². The molecule has 8 nitrogen and oxygen atoms in total. The van der Waals surface area contributed by atoms with E-state index >= 15 is 0 Å². The number of amides is 1. The van der Waals surface area contributed by atoms with Crippen molar-refractivity contribution in [1.29, 1.82) is 0 Å². The molecule has 1 aromatic heterocycles. The third-order valence-corrected chi connectivity index (χ3v) is 5.67. The molecular weight excluding hydrogens is 440 g/mol. The van der Waals surface area contributed by atoms with Gasteiger partial charge in [-0.2, -0.15) is 5.10 Å². The number of hydrazone groups is 1. The summed E-state index contributed by atoms with van der Waals surface area (Å²) in [5, 5.41) is 14.9. The number of aromatic hydroxyl groups is 1. The van der Waals surface area contributed by atoms with Gasteiger partial charge in [0.1, 0.15) is 0 Å². The largest absolute Gasteiger partial charge is 0.504 e. The molecule has 1 amide bonds. The van der Waals surface area contributed by atoms with E-state index in [9.17, 15) is 14.7 Å². The monoisotopic (exact) mass is 460 g/mol. The number of benzene rings is 3. The fourth-order valence-electron chi connectivity index (χ4n) is 3.16. The van der Waals surface area contributed by atoms with Gasteiger partial charge in [0.05, 0.1) is 35.7 Å².